The number of amides is 1. The van der Waals surface area contributed by atoms with Gasteiger partial charge in [0, 0.05) is 35.6 Å². The number of aromatic amines is 1. The monoisotopic (exact) mass is 418 g/mol. The van der Waals surface area contributed by atoms with E-state index in [0.717, 1.165) is 37.2 Å². The number of benzene rings is 2. The lowest BCUT2D eigenvalue weighted by molar-refractivity contribution is -0.139. The van der Waals surface area contributed by atoms with Crippen LogP contribution in [0.5, 0.6) is 5.75 Å². The Morgan fingerprint density at radius 2 is 1.77 bits per heavy atom. The smallest absolute Gasteiger partial charge is 0.263 e. The molecule has 4 rings (SSSR count). The van der Waals surface area contributed by atoms with Crippen LogP contribution in [0.1, 0.15) is 67.8 Å². The molecule has 2 heterocycles. The van der Waals surface area contributed by atoms with Gasteiger partial charge < -0.3 is 14.6 Å². The van der Waals surface area contributed by atoms with Gasteiger partial charge >= 0.3 is 0 Å². The third-order valence-electron chi connectivity index (χ3n) is 6.66. The minimum Gasteiger partial charge on any atom is -0.481 e. The molecule has 0 bridgehead atoms. The van der Waals surface area contributed by atoms with Crippen LogP contribution in [-0.4, -0.2) is 35.0 Å². The van der Waals surface area contributed by atoms with Gasteiger partial charge in [-0.3, -0.25) is 4.79 Å². The number of likely N-dealkylation sites (tertiary alicyclic amines) is 1. The molecule has 3 aromatic rings. The first kappa shape index (κ1) is 21.5. The third kappa shape index (κ3) is 4.34. The Hall–Kier alpha value is -2.75. The van der Waals surface area contributed by atoms with Gasteiger partial charge in [-0.2, -0.15) is 0 Å². The highest BCUT2D eigenvalue weighted by atomic mass is 16.5. The van der Waals surface area contributed by atoms with Crippen molar-refractivity contribution in [1.29, 1.82) is 0 Å². The zero-order chi connectivity index (χ0) is 22.1. The second-order valence-electron chi connectivity index (χ2n) is 9.26. The number of para-hydroxylation sites is 1. The van der Waals surface area contributed by atoms with Crippen LogP contribution in [0.2, 0.25) is 0 Å². The third-order valence-corrected chi connectivity index (χ3v) is 6.66. The summed E-state index contributed by atoms with van der Waals surface area (Å²) in [7, 11) is 0. The number of aromatic nitrogens is 1. The normalized spacial score (nSPS) is 16.1. The predicted molar refractivity (Wildman–Crippen MR) is 127 cm³/mol. The summed E-state index contributed by atoms with van der Waals surface area (Å²) in [4.78, 5) is 18.7. The van der Waals surface area contributed by atoms with Crippen molar-refractivity contribution in [1.82, 2.24) is 9.88 Å². The summed E-state index contributed by atoms with van der Waals surface area (Å²) in [6.07, 6.45) is 1.48. The summed E-state index contributed by atoms with van der Waals surface area (Å²) in [5.41, 5.74) is 6.33. The van der Waals surface area contributed by atoms with Crippen LogP contribution in [-0.2, 0) is 4.79 Å². The highest BCUT2D eigenvalue weighted by Crippen LogP contribution is 2.34. The van der Waals surface area contributed by atoms with Gasteiger partial charge in [-0.1, -0.05) is 43.7 Å². The van der Waals surface area contributed by atoms with Crippen LogP contribution < -0.4 is 4.74 Å². The number of aryl methyl sites for hydroxylation is 2. The molecule has 4 heteroatoms. The van der Waals surface area contributed by atoms with E-state index in [9.17, 15) is 4.79 Å². The summed E-state index contributed by atoms with van der Waals surface area (Å²) in [5.74, 6) is 1.73. The molecule has 164 valence electrons. The molecule has 1 atom stereocenters. The Morgan fingerprint density at radius 1 is 1.06 bits per heavy atom. The van der Waals surface area contributed by atoms with Gasteiger partial charge in [0.1, 0.15) is 5.75 Å². The van der Waals surface area contributed by atoms with Gasteiger partial charge in [-0.05, 0) is 68.9 Å². The van der Waals surface area contributed by atoms with Crippen LogP contribution in [0, 0.1) is 13.8 Å². The van der Waals surface area contributed by atoms with Crippen molar-refractivity contribution in [3.63, 3.8) is 0 Å². The van der Waals surface area contributed by atoms with Crippen LogP contribution in [0.15, 0.2) is 42.5 Å². The number of ether oxygens (including phenoxy) is 1. The van der Waals surface area contributed by atoms with Crippen molar-refractivity contribution < 1.29 is 9.53 Å². The number of carbonyl (C=O) groups excluding carboxylic acids is 1. The lowest BCUT2D eigenvalue weighted by Crippen LogP contribution is -2.44. The maximum Gasteiger partial charge on any atom is 0.263 e. The summed E-state index contributed by atoms with van der Waals surface area (Å²) in [5, 5.41) is 1.32. The standard InChI is InChI=1S/C27H34N2O2/c1-17(2)22-8-6-7-9-25(22)31-20(5)27(30)29-14-12-21(13-15-29)26-19(4)23-16-18(3)10-11-24(23)28-26/h6-11,16-17,20-21,28H,12-15H2,1-5H3. The first-order valence-corrected chi connectivity index (χ1v) is 11.5. The number of nitrogens with one attached hydrogen (secondary N) is 1. The molecule has 1 aliphatic rings. The van der Waals surface area contributed by atoms with E-state index >= 15 is 0 Å². The fraction of sp³-hybridized carbons (Fsp3) is 0.444. The summed E-state index contributed by atoms with van der Waals surface area (Å²) < 4.78 is 6.11. The summed E-state index contributed by atoms with van der Waals surface area (Å²) in [6, 6.07) is 14.6. The van der Waals surface area contributed by atoms with E-state index in [-0.39, 0.29) is 5.91 Å². The molecule has 0 spiro atoms. The van der Waals surface area contributed by atoms with Gasteiger partial charge in [0.2, 0.25) is 0 Å². The van der Waals surface area contributed by atoms with Gasteiger partial charge in [0.05, 0.1) is 0 Å². The molecular weight excluding hydrogens is 384 g/mol. The molecule has 1 fully saturated rings. The van der Waals surface area contributed by atoms with Crippen LogP contribution in [0.4, 0.5) is 0 Å². The zero-order valence-electron chi connectivity index (χ0n) is 19.4. The number of piperidine rings is 1. The Balaban J connectivity index is 1.41. The Labute approximate surface area is 185 Å². The molecule has 31 heavy (non-hydrogen) atoms. The molecule has 1 N–H and O–H groups in total. The lowest BCUT2D eigenvalue weighted by Gasteiger charge is -2.33. The Kier molecular flexibility index (Phi) is 6.08. The number of rotatable bonds is 5. The lowest BCUT2D eigenvalue weighted by atomic mass is 9.91. The van der Waals surface area contributed by atoms with E-state index in [1.807, 2.05) is 30.0 Å². The zero-order valence-corrected chi connectivity index (χ0v) is 19.4. The average molecular weight is 419 g/mol. The maximum atomic E-state index is 13.1. The van der Waals surface area contributed by atoms with Crippen molar-refractivity contribution >= 4 is 16.8 Å². The number of H-pyrrole nitrogens is 1. The van der Waals surface area contributed by atoms with Crippen molar-refractivity contribution in [3.8, 4) is 5.75 Å². The number of hydrogen-bond donors (Lipinski definition) is 1. The maximum absolute atomic E-state index is 13.1. The molecule has 1 saturated heterocycles. The fourth-order valence-corrected chi connectivity index (χ4v) is 4.82. The first-order chi connectivity index (χ1) is 14.8. The fourth-order valence-electron chi connectivity index (χ4n) is 4.82. The summed E-state index contributed by atoms with van der Waals surface area (Å²) in [6.45, 7) is 12.1. The summed E-state index contributed by atoms with van der Waals surface area (Å²) >= 11 is 0. The first-order valence-electron chi connectivity index (χ1n) is 11.5. The molecular formula is C27H34N2O2. The largest absolute Gasteiger partial charge is 0.481 e. The molecule has 0 saturated carbocycles. The molecule has 1 aliphatic heterocycles. The minimum absolute atomic E-state index is 0.0843. The molecule has 1 unspecified atom stereocenters. The highest BCUT2D eigenvalue weighted by Gasteiger charge is 2.29. The quantitative estimate of drug-likeness (QED) is 0.546. The molecule has 1 aromatic heterocycles. The Bertz CT molecular complexity index is 1070. The van der Waals surface area contributed by atoms with Crippen LogP contribution in [0.25, 0.3) is 10.9 Å². The predicted octanol–water partition coefficient (Wildman–Crippen LogP) is 6.08. The highest BCUT2D eigenvalue weighted by molar-refractivity contribution is 5.85. The van der Waals surface area contributed by atoms with Crippen molar-refractivity contribution in [2.75, 3.05) is 13.1 Å². The molecule has 2 aromatic carbocycles. The SMILES string of the molecule is Cc1ccc2[nH]c(C3CCN(C(=O)C(C)Oc4ccccc4C(C)C)CC3)c(C)c2c1. The number of carbonyl (C=O) groups is 1. The second kappa shape index (κ2) is 8.78. The van der Waals surface area contributed by atoms with Crippen LogP contribution >= 0.6 is 0 Å². The van der Waals surface area contributed by atoms with E-state index in [1.165, 1.54) is 27.7 Å². The van der Waals surface area contributed by atoms with E-state index in [1.54, 1.807) is 0 Å². The van der Waals surface area contributed by atoms with Gasteiger partial charge in [0.15, 0.2) is 6.10 Å². The Morgan fingerprint density at radius 3 is 2.48 bits per heavy atom. The van der Waals surface area contributed by atoms with Gasteiger partial charge in [-0.15, -0.1) is 0 Å². The van der Waals surface area contributed by atoms with E-state index in [0.29, 0.717) is 11.8 Å². The number of hydrogen-bond acceptors (Lipinski definition) is 2. The molecule has 0 aliphatic carbocycles. The van der Waals surface area contributed by atoms with Crippen LogP contribution in [0.3, 0.4) is 0 Å². The van der Waals surface area contributed by atoms with Gasteiger partial charge in [0.25, 0.3) is 5.91 Å². The average Bonchev–Trinajstić information content (AvgIpc) is 3.09. The van der Waals surface area contributed by atoms with E-state index < -0.39 is 6.10 Å². The molecule has 0 radical (unpaired) electrons. The molecule has 1 amide bonds. The van der Waals surface area contributed by atoms with Crippen molar-refractivity contribution in [2.45, 2.75) is 65.4 Å². The second-order valence-corrected chi connectivity index (χ2v) is 9.26. The van der Waals surface area contributed by atoms with E-state index in [4.69, 9.17) is 4.74 Å². The van der Waals surface area contributed by atoms with Gasteiger partial charge in [-0.25, -0.2) is 0 Å². The van der Waals surface area contributed by atoms with Crippen molar-refractivity contribution in [3.05, 3.63) is 64.8 Å². The number of nitrogens with zero attached hydrogens (tertiary/aromatic N) is 1. The minimum atomic E-state index is -0.478. The van der Waals surface area contributed by atoms with Crippen molar-refractivity contribution in [2.24, 2.45) is 0 Å². The topological polar surface area (TPSA) is 45.3 Å². The number of fused-ring (bicyclic) bond motifs is 1. The molecule has 4 nitrogen and oxygen atoms in total. The van der Waals surface area contributed by atoms with E-state index in [2.05, 4.69) is 56.9 Å².